The van der Waals surface area contributed by atoms with Crippen LogP contribution in [0.1, 0.15) is 22.4 Å². The number of aromatic nitrogens is 3. The van der Waals surface area contributed by atoms with E-state index in [1.165, 1.54) is 21.4 Å². The van der Waals surface area contributed by atoms with Gasteiger partial charge in [0, 0.05) is 18.5 Å². The van der Waals surface area contributed by atoms with E-state index in [0.29, 0.717) is 6.54 Å². The van der Waals surface area contributed by atoms with E-state index in [0.717, 1.165) is 22.4 Å². The predicted molar refractivity (Wildman–Crippen MR) is 93.3 cm³/mol. The molecule has 0 saturated carbocycles. The second-order valence-electron chi connectivity index (χ2n) is 5.97. The number of hydrogen-bond acceptors (Lipinski definition) is 3. The minimum atomic E-state index is -0.327. The second kappa shape index (κ2) is 6.66. The third kappa shape index (κ3) is 3.51. The predicted octanol–water partition coefficient (Wildman–Crippen LogP) is 2.12. The highest BCUT2D eigenvalue weighted by Crippen LogP contribution is 2.09. The van der Waals surface area contributed by atoms with Crippen molar-refractivity contribution in [3.05, 3.63) is 98.1 Å². The highest BCUT2D eigenvalue weighted by atomic mass is 16.2. The first kappa shape index (κ1) is 15.9. The van der Waals surface area contributed by atoms with E-state index in [2.05, 4.69) is 11.1 Å². The average Bonchev–Trinajstić information content (AvgIpc) is 2.54. The molecule has 122 valence electrons. The van der Waals surface area contributed by atoms with Gasteiger partial charge in [0.2, 0.25) is 0 Å². The SMILES string of the molecule is Cc1cc(C)cc(Cn2c(=O)ccn(Cc3ccccn3)c2=O)c1. The zero-order valence-corrected chi connectivity index (χ0v) is 13.8. The van der Waals surface area contributed by atoms with Crippen molar-refractivity contribution in [2.75, 3.05) is 0 Å². The molecule has 0 bridgehead atoms. The Labute approximate surface area is 139 Å². The largest absolute Gasteiger partial charge is 0.331 e. The van der Waals surface area contributed by atoms with Crippen molar-refractivity contribution < 1.29 is 0 Å². The van der Waals surface area contributed by atoms with Gasteiger partial charge in [-0.3, -0.25) is 18.9 Å². The quantitative estimate of drug-likeness (QED) is 0.739. The molecule has 2 aromatic heterocycles. The van der Waals surface area contributed by atoms with Crippen molar-refractivity contribution in [3.63, 3.8) is 0 Å². The lowest BCUT2D eigenvalue weighted by Crippen LogP contribution is -2.39. The van der Waals surface area contributed by atoms with Crippen molar-refractivity contribution in [2.24, 2.45) is 0 Å². The summed E-state index contributed by atoms with van der Waals surface area (Å²) in [5, 5.41) is 0. The molecule has 2 heterocycles. The molecule has 0 aliphatic heterocycles. The van der Waals surface area contributed by atoms with Gasteiger partial charge in [-0.2, -0.15) is 0 Å². The Hall–Kier alpha value is -2.95. The van der Waals surface area contributed by atoms with Crippen LogP contribution in [-0.4, -0.2) is 14.1 Å². The van der Waals surface area contributed by atoms with Gasteiger partial charge < -0.3 is 0 Å². The fraction of sp³-hybridized carbons (Fsp3) is 0.211. The molecule has 0 unspecified atom stereocenters. The van der Waals surface area contributed by atoms with Crippen LogP contribution in [0.2, 0.25) is 0 Å². The minimum absolute atomic E-state index is 0.267. The number of rotatable bonds is 4. The molecule has 3 rings (SSSR count). The molecule has 5 heteroatoms. The summed E-state index contributed by atoms with van der Waals surface area (Å²) in [5.41, 5.74) is 3.33. The maximum Gasteiger partial charge on any atom is 0.331 e. The molecule has 0 amide bonds. The van der Waals surface area contributed by atoms with Crippen molar-refractivity contribution >= 4 is 0 Å². The normalized spacial score (nSPS) is 10.8. The first-order valence-electron chi connectivity index (χ1n) is 7.80. The maximum absolute atomic E-state index is 12.7. The molecule has 0 aliphatic carbocycles. The highest BCUT2D eigenvalue weighted by molar-refractivity contribution is 5.28. The Balaban J connectivity index is 1.97. The Morgan fingerprint density at radius 2 is 1.71 bits per heavy atom. The maximum atomic E-state index is 12.7. The molecule has 0 spiro atoms. The van der Waals surface area contributed by atoms with Crippen molar-refractivity contribution in [1.29, 1.82) is 0 Å². The number of hydrogen-bond donors (Lipinski definition) is 0. The Bertz CT molecular complexity index is 952. The molecule has 0 saturated heterocycles. The summed E-state index contributed by atoms with van der Waals surface area (Å²) in [7, 11) is 0. The second-order valence-corrected chi connectivity index (χ2v) is 5.97. The number of benzene rings is 1. The van der Waals surface area contributed by atoms with Crippen LogP contribution in [0.5, 0.6) is 0 Å². The fourth-order valence-electron chi connectivity index (χ4n) is 2.83. The molecule has 0 atom stereocenters. The van der Waals surface area contributed by atoms with Crippen molar-refractivity contribution in [3.8, 4) is 0 Å². The van der Waals surface area contributed by atoms with Gasteiger partial charge in [0.25, 0.3) is 5.56 Å². The van der Waals surface area contributed by atoms with E-state index in [4.69, 9.17) is 0 Å². The summed E-state index contributed by atoms with van der Waals surface area (Å²) >= 11 is 0. The van der Waals surface area contributed by atoms with Crippen LogP contribution in [0.25, 0.3) is 0 Å². The van der Waals surface area contributed by atoms with E-state index in [-0.39, 0.29) is 17.8 Å². The van der Waals surface area contributed by atoms with Gasteiger partial charge in [-0.15, -0.1) is 0 Å². The van der Waals surface area contributed by atoms with Crippen molar-refractivity contribution in [2.45, 2.75) is 26.9 Å². The first-order chi connectivity index (χ1) is 11.5. The Morgan fingerprint density at radius 1 is 0.958 bits per heavy atom. The summed E-state index contributed by atoms with van der Waals surface area (Å²) in [6.07, 6.45) is 3.21. The molecule has 0 aliphatic rings. The minimum Gasteiger partial charge on any atom is -0.294 e. The van der Waals surface area contributed by atoms with Gasteiger partial charge in [-0.25, -0.2) is 4.79 Å². The molecule has 5 nitrogen and oxygen atoms in total. The summed E-state index contributed by atoms with van der Waals surface area (Å²) in [4.78, 5) is 29.0. The van der Waals surface area contributed by atoms with Gasteiger partial charge in [-0.1, -0.05) is 35.4 Å². The van der Waals surface area contributed by atoms with Crippen LogP contribution < -0.4 is 11.2 Å². The molecule has 24 heavy (non-hydrogen) atoms. The molecule has 0 N–H and O–H groups in total. The number of pyridine rings is 1. The molecular formula is C19H19N3O2. The molecule has 0 fully saturated rings. The molecule has 0 radical (unpaired) electrons. The van der Waals surface area contributed by atoms with E-state index < -0.39 is 0 Å². The van der Waals surface area contributed by atoms with Crippen LogP contribution in [0.3, 0.4) is 0 Å². The summed E-state index contributed by atoms with van der Waals surface area (Å²) in [6.45, 7) is 4.61. The topological polar surface area (TPSA) is 56.9 Å². The van der Waals surface area contributed by atoms with Gasteiger partial charge in [0.15, 0.2) is 0 Å². The Morgan fingerprint density at radius 3 is 2.38 bits per heavy atom. The number of nitrogens with zero attached hydrogens (tertiary/aromatic N) is 3. The molecule has 3 aromatic rings. The van der Waals surface area contributed by atoms with Gasteiger partial charge in [0.05, 0.1) is 18.8 Å². The van der Waals surface area contributed by atoms with Crippen LogP contribution >= 0.6 is 0 Å². The van der Waals surface area contributed by atoms with Crippen molar-refractivity contribution in [1.82, 2.24) is 14.1 Å². The van der Waals surface area contributed by atoms with E-state index in [1.807, 2.05) is 44.2 Å². The highest BCUT2D eigenvalue weighted by Gasteiger charge is 2.08. The lowest BCUT2D eigenvalue weighted by Gasteiger charge is -2.11. The van der Waals surface area contributed by atoms with E-state index in [9.17, 15) is 9.59 Å². The fourth-order valence-corrected chi connectivity index (χ4v) is 2.83. The van der Waals surface area contributed by atoms with E-state index in [1.54, 1.807) is 6.20 Å². The van der Waals surface area contributed by atoms with E-state index >= 15 is 0 Å². The lowest BCUT2D eigenvalue weighted by molar-refractivity contribution is 0.606. The van der Waals surface area contributed by atoms with Crippen LogP contribution in [-0.2, 0) is 13.1 Å². The third-order valence-corrected chi connectivity index (χ3v) is 3.82. The van der Waals surface area contributed by atoms with Gasteiger partial charge in [0.1, 0.15) is 0 Å². The van der Waals surface area contributed by atoms with Gasteiger partial charge >= 0.3 is 5.69 Å². The smallest absolute Gasteiger partial charge is 0.294 e. The van der Waals surface area contributed by atoms with Crippen LogP contribution in [0, 0.1) is 13.8 Å². The first-order valence-corrected chi connectivity index (χ1v) is 7.80. The summed E-state index contributed by atoms with van der Waals surface area (Å²) < 4.78 is 2.77. The summed E-state index contributed by atoms with van der Waals surface area (Å²) in [6, 6.07) is 13.0. The van der Waals surface area contributed by atoms with Gasteiger partial charge in [-0.05, 0) is 31.5 Å². The zero-order valence-electron chi connectivity index (χ0n) is 13.8. The third-order valence-electron chi connectivity index (χ3n) is 3.82. The number of aryl methyl sites for hydroxylation is 2. The molecular weight excluding hydrogens is 302 g/mol. The van der Waals surface area contributed by atoms with Crippen LogP contribution in [0.15, 0.2) is 64.4 Å². The summed E-state index contributed by atoms with van der Waals surface area (Å²) in [5.74, 6) is 0. The molecule has 1 aromatic carbocycles. The van der Waals surface area contributed by atoms with Crippen LogP contribution in [0.4, 0.5) is 0 Å². The standard InChI is InChI=1S/C19H19N3O2/c1-14-9-15(2)11-16(10-14)12-22-18(23)6-8-21(19(22)24)13-17-5-3-4-7-20-17/h3-11H,12-13H2,1-2H3. The Kier molecular flexibility index (Phi) is 4.42. The average molecular weight is 321 g/mol. The monoisotopic (exact) mass is 321 g/mol. The lowest BCUT2D eigenvalue weighted by atomic mass is 10.1. The zero-order chi connectivity index (χ0) is 17.1.